The summed E-state index contributed by atoms with van der Waals surface area (Å²) in [5.74, 6) is -0.0492. The largest absolute Gasteiger partial charge is 0.389 e. The van der Waals surface area contributed by atoms with Crippen LogP contribution >= 0.6 is 23.2 Å². The summed E-state index contributed by atoms with van der Waals surface area (Å²) < 4.78 is 0. The maximum Gasteiger partial charge on any atom is 0.110 e. The standard InChI is InChI=1S/C12H12Cl2N2O2/c13-5-10(17)12(18)9-6-15-16-11(9)7-1-3-8(14)4-2-7/h1-4,6,10,12,17-18H,5H2,(H,15,16). The SMILES string of the molecule is OC(CCl)C(O)c1cn[nH]c1-c1ccc(Cl)cc1. The Balaban J connectivity index is 2.35. The molecule has 1 aromatic heterocycles. The third-order valence-electron chi connectivity index (χ3n) is 2.64. The van der Waals surface area contributed by atoms with Crippen molar-refractivity contribution < 1.29 is 10.2 Å². The van der Waals surface area contributed by atoms with E-state index in [0.717, 1.165) is 5.56 Å². The smallest absolute Gasteiger partial charge is 0.110 e. The molecule has 0 radical (unpaired) electrons. The Bertz CT molecular complexity index is 513. The van der Waals surface area contributed by atoms with Crippen molar-refractivity contribution in [2.45, 2.75) is 12.2 Å². The van der Waals surface area contributed by atoms with Crippen LogP contribution in [0.15, 0.2) is 30.5 Å². The van der Waals surface area contributed by atoms with E-state index in [0.29, 0.717) is 16.3 Å². The van der Waals surface area contributed by atoms with Gasteiger partial charge in [0.2, 0.25) is 0 Å². The number of hydrogen-bond acceptors (Lipinski definition) is 3. The van der Waals surface area contributed by atoms with Gasteiger partial charge in [0.25, 0.3) is 0 Å². The molecule has 1 heterocycles. The molecule has 2 atom stereocenters. The van der Waals surface area contributed by atoms with Crippen molar-refractivity contribution in [1.29, 1.82) is 0 Å². The van der Waals surface area contributed by atoms with Crippen molar-refractivity contribution in [1.82, 2.24) is 10.2 Å². The van der Waals surface area contributed by atoms with E-state index in [4.69, 9.17) is 23.2 Å². The Morgan fingerprint density at radius 1 is 1.22 bits per heavy atom. The first kappa shape index (κ1) is 13.4. The number of nitrogens with zero attached hydrogens (tertiary/aromatic N) is 1. The number of H-pyrrole nitrogens is 1. The molecule has 0 saturated carbocycles. The highest BCUT2D eigenvalue weighted by molar-refractivity contribution is 6.30. The summed E-state index contributed by atoms with van der Waals surface area (Å²) in [4.78, 5) is 0. The molecule has 0 fully saturated rings. The number of halogens is 2. The third kappa shape index (κ3) is 2.67. The van der Waals surface area contributed by atoms with E-state index in [-0.39, 0.29) is 5.88 Å². The third-order valence-corrected chi connectivity index (χ3v) is 3.21. The van der Waals surface area contributed by atoms with Gasteiger partial charge in [0.15, 0.2) is 0 Å². The van der Waals surface area contributed by atoms with Gasteiger partial charge < -0.3 is 10.2 Å². The van der Waals surface area contributed by atoms with Crippen LogP contribution < -0.4 is 0 Å². The number of aromatic amines is 1. The molecule has 3 N–H and O–H groups in total. The number of benzene rings is 1. The summed E-state index contributed by atoms with van der Waals surface area (Å²) in [6, 6.07) is 7.09. The first-order chi connectivity index (χ1) is 8.63. The lowest BCUT2D eigenvalue weighted by molar-refractivity contribution is 0.0331. The minimum Gasteiger partial charge on any atom is -0.389 e. The number of nitrogens with one attached hydrogen (secondary N) is 1. The summed E-state index contributed by atoms with van der Waals surface area (Å²) >= 11 is 11.3. The Morgan fingerprint density at radius 2 is 1.89 bits per heavy atom. The van der Waals surface area contributed by atoms with Crippen LogP contribution in [-0.4, -0.2) is 32.4 Å². The fourth-order valence-corrected chi connectivity index (χ4v) is 1.95. The van der Waals surface area contributed by atoms with Crippen LogP contribution in [0.25, 0.3) is 11.3 Å². The number of aliphatic hydroxyl groups is 2. The van der Waals surface area contributed by atoms with Crippen molar-refractivity contribution in [3.05, 3.63) is 41.0 Å². The summed E-state index contributed by atoms with van der Waals surface area (Å²) in [5, 5.41) is 26.8. The van der Waals surface area contributed by atoms with E-state index >= 15 is 0 Å². The second kappa shape index (κ2) is 5.71. The number of rotatable bonds is 4. The predicted octanol–water partition coefficient (Wildman–Crippen LogP) is 2.36. The van der Waals surface area contributed by atoms with Gasteiger partial charge in [-0.2, -0.15) is 5.10 Å². The molecule has 6 heteroatoms. The molecule has 0 amide bonds. The van der Waals surface area contributed by atoms with Gasteiger partial charge in [0, 0.05) is 16.1 Å². The summed E-state index contributed by atoms with van der Waals surface area (Å²) in [6.45, 7) is 0. The quantitative estimate of drug-likeness (QED) is 0.756. The van der Waals surface area contributed by atoms with Crippen molar-refractivity contribution >= 4 is 23.2 Å². The van der Waals surface area contributed by atoms with Crippen LogP contribution in [0.1, 0.15) is 11.7 Å². The molecule has 18 heavy (non-hydrogen) atoms. The van der Waals surface area contributed by atoms with E-state index in [1.165, 1.54) is 6.20 Å². The molecule has 96 valence electrons. The van der Waals surface area contributed by atoms with Crippen LogP contribution in [0.5, 0.6) is 0 Å². The number of aromatic nitrogens is 2. The van der Waals surface area contributed by atoms with Gasteiger partial charge in [0.1, 0.15) is 6.10 Å². The number of hydrogen-bond donors (Lipinski definition) is 3. The molecule has 2 aromatic rings. The monoisotopic (exact) mass is 286 g/mol. The van der Waals surface area contributed by atoms with Gasteiger partial charge in [-0.1, -0.05) is 23.7 Å². The first-order valence-corrected chi connectivity index (χ1v) is 6.26. The number of aliphatic hydroxyl groups excluding tert-OH is 2. The van der Waals surface area contributed by atoms with Gasteiger partial charge >= 0.3 is 0 Å². The summed E-state index contributed by atoms with van der Waals surface area (Å²) in [5.41, 5.74) is 1.97. The molecule has 1 aromatic carbocycles. The Labute approximate surface area is 114 Å². The lowest BCUT2D eigenvalue weighted by atomic mass is 10.0. The lowest BCUT2D eigenvalue weighted by Crippen LogP contribution is -2.19. The lowest BCUT2D eigenvalue weighted by Gasteiger charge is -2.15. The van der Waals surface area contributed by atoms with Crippen LogP contribution in [0, 0.1) is 0 Å². The van der Waals surface area contributed by atoms with Crippen molar-refractivity contribution in [3.8, 4) is 11.3 Å². The highest BCUT2D eigenvalue weighted by Gasteiger charge is 2.22. The van der Waals surface area contributed by atoms with Gasteiger partial charge in [-0.3, -0.25) is 5.10 Å². The molecule has 2 unspecified atom stereocenters. The zero-order valence-corrected chi connectivity index (χ0v) is 10.9. The van der Waals surface area contributed by atoms with Gasteiger partial charge in [-0.05, 0) is 12.1 Å². The minimum atomic E-state index is -1.08. The second-order valence-corrected chi connectivity index (χ2v) is 4.62. The van der Waals surface area contributed by atoms with E-state index in [1.54, 1.807) is 24.3 Å². The average molecular weight is 287 g/mol. The average Bonchev–Trinajstić information content (AvgIpc) is 2.87. The summed E-state index contributed by atoms with van der Waals surface area (Å²) in [7, 11) is 0. The van der Waals surface area contributed by atoms with Crippen molar-refractivity contribution in [2.75, 3.05) is 5.88 Å². The van der Waals surface area contributed by atoms with Gasteiger partial charge in [-0.15, -0.1) is 11.6 Å². The molecule has 0 aliphatic heterocycles. The first-order valence-electron chi connectivity index (χ1n) is 5.34. The normalized spacial score (nSPS) is 14.4. The highest BCUT2D eigenvalue weighted by atomic mass is 35.5. The van der Waals surface area contributed by atoms with E-state index in [2.05, 4.69) is 10.2 Å². The maximum atomic E-state index is 9.95. The fourth-order valence-electron chi connectivity index (χ4n) is 1.66. The van der Waals surface area contributed by atoms with E-state index in [9.17, 15) is 10.2 Å². The van der Waals surface area contributed by atoms with Gasteiger partial charge in [0.05, 0.1) is 23.9 Å². The van der Waals surface area contributed by atoms with E-state index < -0.39 is 12.2 Å². The van der Waals surface area contributed by atoms with Crippen LogP contribution in [0.2, 0.25) is 5.02 Å². The Morgan fingerprint density at radius 3 is 2.50 bits per heavy atom. The topological polar surface area (TPSA) is 69.1 Å². The zero-order chi connectivity index (χ0) is 13.1. The second-order valence-electron chi connectivity index (χ2n) is 3.87. The fraction of sp³-hybridized carbons (Fsp3) is 0.250. The molecule has 0 saturated heterocycles. The molecule has 2 rings (SSSR count). The van der Waals surface area contributed by atoms with Crippen LogP contribution in [0.4, 0.5) is 0 Å². The molecule has 0 aliphatic rings. The van der Waals surface area contributed by atoms with Crippen LogP contribution in [-0.2, 0) is 0 Å². The predicted molar refractivity (Wildman–Crippen MR) is 70.7 cm³/mol. The number of alkyl halides is 1. The Hall–Kier alpha value is -1.07. The van der Waals surface area contributed by atoms with Crippen LogP contribution in [0.3, 0.4) is 0 Å². The molecule has 4 nitrogen and oxygen atoms in total. The van der Waals surface area contributed by atoms with Crippen molar-refractivity contribution in [3.63, 3.8) is 0 Å². The Kier molecular flexibility index (Phi) is 4.24. The molecular formula is C12H12Cl2N2O2. The molecule has 0 spiro atoms. The van der Waals surface area contributed by atoms with E-state index in [1.807, 2.05) is 0 Å². The highest BCUT2D eigenvalue weighted by Crippen LogP contribution is 2.28. The van der Waals surface area contributed by atoms with Gasteiger partial charge in [-0.25, -0.2) is 0 Å². The summed E-state index contributed by atoms with van der Waals surface area (Å²) in [6.07, 6.45) is -0.632. The minimum absolute atomic E-state index is 0.0492. The van der Waals surface area contributed by atoms with Crippen molar-refractivity contribution in [2.24, 2.45) is 0 Å². The molecule has 0 bridgehead atoms. The molecular weight excluding hydrogens is 275 g/mol. The zero-order valence-electron chi connectivity index (χ0n) is 9.35. The maximum absolute atomic E-state index is 9.95. The molecule has 0 aliphatic carbocycles.